The van der Waals surface area contributed by atoms with Crippen LogP contribution in [0.25, 0.3) is 5.65 Å². The maximum absolute atomic E-state index is 10.7. The third-order valence-electron chi connectivity index (χ3n) is 2.12. The zero-order valence-electron chi connectivity index (χ0n) is 8.03. The van der Waals surface area contributed by atoms with Crippen LogP contribution in [0.15, 0.2) is 24.5 Å². The highest BCUT2D eigenvalue weighted by Crippen LogP contribution is 2.19. The van der Waals surface area contributed by atoms with E-state index in [1.807, 2.05) is 0 Å². The van der Waals surface area contributed by atoms with Crippen molar-refractivity contribution in [2.45, 2.75) is 6.42 Å². The number of fused-ring (bicyclic) bond motifs is 1. The van der Waals surface area contributed by atoms with Crippen LogP contribution in [-0.4, -0.2) is 25.4 Å². The van der Waals surface area contributed by atoms with Crippen LogP contribution in [0.5, 0.6) is 0 Å². The Bertz CT molecular complexity index is 575. The van der Waals surface area contributed by atoms with E-state index in [1.54, 1.807) is 6.20 Å². The molecule has 2 aromatic rings. The Labute approximate surface area is 89.1 Å². The van der Waals surface area contributed by atoms with Gasteiger partial charge in [-0.15, -0.1) is 0 Å². The standard InChI is InChI=1S/C9H7N3O4/c13-8(14)4-6-5-10-9-7(12(15)16)2-1-3-11(6)9/h1-3,5H,4H2,(H,13,14). The molecule has 0 spiro atoms. The van der Waals surface area contributed by atoms with Crippen molar-refractivity contribution >= 4 is 17.3 Å². The van der Waals surface area contributed by atoms with Gasteiger partial charge in [0.2, 0.25) is 5.65 Å². The molecule has 0 amide bonds. The van der Waals surface area contributed by atoms with E-state index in [2.05, 4.69) is 4.98 Å². The average molecular weight is 221 g/mol. The van der Waals surface area contributed by atoms with E-state index in [9.17, 15) is 14.9 Å². The maximum atomic E-state index is 10.7. The summed E-state index contributed by atoms with van der Waals surface area (Å²) in [7, 11) is 0. The van der Waals surface area contributed by atoms with Gasteiger partial charge in [-0.3, -0.25) is 19.3 Å². The number of pyridine rings is 1. The van der Waals surface area contributed by atoms with Crippen LogP contribution in [0.1, 0.15) is 5.69 Å². The van der Waals surface area contributed by atoms with Crippen molar-refractivity contribution in [3.63, 3.8) is 0 Å². The van der Waals surface area contributed by atoms with Gasteiger partial charge in [-0.1, -0.05) is 0 Å². The largest absolute Gasteiger partial charge is 0.481 e. The summed E-state index contributed by atoms with van der Waals surface area (Å²) in [5.74, 6) is -1.01. The number of hydrogen-bond acceptors (Lipinski definition) is 4. The van der Waals surface area contributed by atoms with Gasteiger partial charge in [0.25, 0.3) is 0 Å². The molecule has 0 saturated carbocycles. The molecule has 82 valence electrons. The fraction of sp³-hybridized carbons (Fsp3) is 0.111. The lowest BCUT2D eigenvalue weighted by molar-refractivity contribution is -0.383. The molecular weight excluding hydrogens is 214 g/mol. The highest BCUT2D eigenvalue weighted by Gasteiger charge is 2.16. The van der Waals surface area contributed by atoms with Crippen LogP contribution in [0, 0.1) is 10.1 Å². The Hall–Kier alpha value is -2.44. The second-order valence-corrected chi connectivity index (χ2v) is 3.16. The van der Waals surface area contributed by atoms with Crippen LogP contribution in [0.2, 0.25) is 0 Å². The highest BCUT2D eigenvalue weighted by atomic mass is 16.6. The smallest absolute Gasteiger partial charge is 0.312 e. The summed E-state index contributed by atoms with van der Waals surface area (Å²) in [6.07, 6.45) is 2.66. The third kappa shape index (κ3) is 1.58. The van der Waals surface area contributed by atoms with Gasteiger partial charge < -0.3 is 5.11 Å². The van der Waals surface area contributed by atoms with Gasteiger partial charge in [0.1, 0.15) is 0 Å². The molecule has 0 aliphatic rings. The Morgan fingerprint density at radius 3 is 3.00 bits per heavy atom. The second kappa shape index (κ2) is 3.61. The number of carboxylic acid groups (broad SMARTS) is 1. The SMILES string of the molecule is O=C(O)Cc1cnc2c([N+](=O)[O-])cccn12. The lowest BCUT2D eigenvalue weighted by Gasteiger charge is -1.98. The summed E-state index contributed by atoms with van der Waals surface area (Å²) >= 11 is 0. The molecule has 0 fully saturated rings. The number of carboxylic acids is 1. The summed E-state index contributed by atoms with van der Waals surface area (Å²) in [4.78, 5) is 24.5. The first-order chi connectivity index (χ1) is 7.59. The van der Waals surface area contributed by atoms with E-state index in [1.165, 1.54) is 22.7 Å². The van der Waals surface area contributed by atoms with Gasteiger partial charge >= 0.3 is 11.7 Å². The summed E-state index contributed by atoms with van der Waals surface area (Å²) in [5.41, 5.74) is 0.425. The summed E-state index contributed by atoms with van der Waals surface area (Å²) in [6.45, 7) is 0. The zero-order chi connectivity index (χ0) is 11.7. The predicted molar refractivity (Wildman–Crippen MR) is 53.2 cm³/mol. The predicted octanol–water partition coefficient (Wildman–Crippen LogP) is 0.870. The van der Waals surface area contributed by atoms with Crippen LogP contribution in [0.3, 0.4) is 0 Å². The summed E-state index contributed by atoms with van der Waals surface area (Å²) in [5, 5.41) is 19.3. The van der Waals surface area contributed by atoms with E-state index < -0.39 is 10.9 Å². The summed E-state index contributed by atoms with van der Waals surface area (Å²) < 4.78 is 1.41. The average Bonchev–Trinajstić information content (AvgIpc) is 2.60. The topological polar surface area (TPSA) is 97.7 Å². The van der Waals surface area contributed by atoms with Crippen LogP contribution in [-0.2, 0) is 11.2 Å². The van der Waals surface area contributed by atoms with Crippen molar-refractivity contribution in [1.29, 1.82) is 0 Å². The minimum atomic E-state index is -1.01. The molecule has 0 atom stereocenters. The maximum Gasteiger partial charge on any atom is 0.312 e. The van der Waals surface area contributed by atoms with Crippen LogP contribution in [0.4, 0.5) is 5.69 Å². The first-order valence-corrected chi connectivity index (χ1v) is 4.40. The van der Waals surface area contributed by atoms with Gasteiger partial charge in [-0.05, 0) is 6.07 Å². The van der Waals surface area contributed by atoms with Gasteiger partial charge in [-0.2, -0.15) is 0 Å². The molecule has 0 saturated heterocycles. The molecule has 16 heavy (non-hydrogen) atoms. The normalized spacial score (nSPS) is 10.5. The minimum absolute atomic E-state index is 0.140. The number of carbonyl (C=O) groups is 1. The number of hydrogen-bond donors (Lipinski definition) is 1. The van der Waals surface area contributed by atoms with E-state index >= 15 is 0 Å². The molecule has 0 radical (unpaired) electrons. The van der Waals surface area contributed by atoms with Crippen molar-refractivity contribution in [2.75, 3.05) is 0 Å². The van der Waals surface area contributed by atoms with Gasteiger partial charge in [0, 0.05) is 12.3 Å². The Balaban J connectivity index is 2.61. The number of rotatable bonds is 3. The second-order valence-electron chi connectivity index (χ2n) is 3.16. The van der Waals surface area contributed by atoms with E-state index in [0.717, 1.165) is 0 Å². The number of imidazole rings is 1. The molecule has 2 rings (SSSR count). The van der Waals surface area contributed by atoms with Crippen molar-refractivity contribution < 1.29 is 14.8 Å². The molecule has 0 unspecified atom stereocenters. The molecule has 0 aliphatic carbocycles. The minimum Gasteiger partial charge on any atom is -0.481 e. The first-order valence-electron chi connectivity index (χ1n) is 4.40. The van der Waals surface area contributed by atoms with Gasteiger partial charge in [0.05, 0.1) is 23.2 Å². The Kier molecular flexibility index (Phi) is 2.28. The third-order valence-corrected chi connectivity index (χ3v) is 2.12. The van der Waals surface area contributed by atoms with Crippen LogP contribution < -0.4 is 0 Å². The molecule has 7 heteroatoms. The van der Waals surface area contributed by atoms with E-state index in [-0.39, 0.29) is 17.8 Å². The van der Waals surface area contributed by atoms with E-state index in [4.69, 9.17) is 5.11 Å². The fourth-order valence-electron chi connectivity index (χ4n) is 1.48. The first kappa shape index (κ1) is 10.1. The van der Waals surface area contributed by atoms with Crippen molar-refractivity contribution in [3.05, 3.63) is 40.3 Å². The van der Waals surface area contributed by atoms with Gasteiger partial charge in [0.15, 0.2) is 0 Å². The highest BCUT2D eigenvalue weighted by molar-refractivity contribution is 5.70. The van der Waals surface area contributed by atoms with Crippen molar-refractivity contribution in [3.8, 4) is 0 Å². The number of nitrogens with zero attached hydrogens (tertiary/aromatic N) is 3. The summed E-state index contributed by atoms with van der Waals surface area (Å²) in [6, 6.07) is 2.81. The molecular formula is C9H7N3O4. The van der Waals surface area contributed by atoms with Gasteiger partial charge in [-0.25, -0.2) is 4.98 Å². The molecule has 0 bridgehead atoms. The quantitative estimate of drug-likeness (QED) is 0.612. The molecule has 0 aromatic carbocycles. The monoisotopic (exact) mass is 221 g/mol. The molecule has 0 aliphatic heterocycles. The Morgan fingerprint density at radius 1 is 1.62 bits per heavy atom. The number of nitro groups is 1. The lowest BCUT2D eigenvalue weighted by Crippen LogP contribution is -2.03. The van der Waals surface area contributed by atoms with Crippen molar-refractivity contribution in [1.82, 2.24) is 9.38 Å². The number of aromatic nitrogens is 2. The molecule has 1 N–H and O–H groups in total. The fourth-order valence-corrected chi connectivity index (χ4v) is 1.48. The Morgan fingerprint density at radius 2 is 2.38 bits per heavy atom. The number of aliphatic carboxylic acids is 1. The zero-order valence-corrected chi connectivity index (χ0v) is 8.03. The lowest BCUT2D eigenvalue weighted by atomic mass is 10.3. The molecule has 2 aromatic heterocycles. The molecule has 7 nitrogen and oxygen atoms in total. The van der Waals surface area contributed by atoms with Crippen molar-refractivity contribution in [2.24, 2.45) is 0 Å². The van der Waals surface area contributed by atoms with Crippen LogP contribution >= 0.6 is 0 Å². The van der Waals surface area contributed by atoms with E-state index in [0.29, 0.717) is 5.69 Å². The molecule has 2 heterocycles.